The summed E-state index contributed by atoms with van der Waals surface area (Å²) in [5, 5.41) is 2.94. The Kier molecular flexibility index (Phi) is 5.22. The maximum atomic E-state index is 12.4. The molecule has 8 nitrogen and oxygen atoms in total. The van der Waals surface area contributed by atoms with Gasteiger partial charge in [-0.2, -0.15) is 0 Å². The van der Waals surface area contributed by atoms with Gasteiger partial charge in [0.05, 0.1) is 18.6 Å². The molecule has 0 saturated carbocycles. The molecule has 3 rings (SSSR count). The fourth-order valence-corrected chi connectivity index (χ4v) is 3.27. The number of carbonyl (C=O) groups is 2. The molecule has 0 bridgehead atoms. The van der Waals surface area contributed by atoms with Crippen molar-refractivity contribution in [2.45, 2.75) is 32.9 Å². The summed E-state index contributed by atoms with van der Waals surface area (Å²) in [7, 11) is 0. The normalized spacial score (nSPS) is 18.1. The van der Waals surface area contributed by atoms with Gasteiger partial charge in [0.1, 0.15) is 0 Å². The third kappa shape index (κ3) is 3.63. The lowest BCUT2D eigenvalue weighted by Gasteiger charge is -2.36. The van der Waals surface area contributed by atoms with Gasteiger partial charge in [-0.3, -0.25) is 0 Å². The zero-order valence-electron chi connectivity index (χ0n) is 14.3. The van der Waals surface area contributed by atoms with Crippen LogP contribution in [0.15, 0.2) is 12.5 Å². The number of hydrogen-bond acceptors (Lipinski definition) is 3. The molecule has 4 amide bonds. The molecule has 0 aliphatic carbocycles. The molecule has 132 valence electrons. The molecule has 2 aliphatic heterocycles. The van der Waals surface area contributed by atoms with Gasteiger partial charge in [-0.15, -0.1) is 0 Å². The van der Waals surface area contributed by atoms with Gasteiger partial charge in [-0.1, -0.05) is 0 Å². The second-order valence-electron chi connectivity index (χ2n) is 6.28. The molecule has 2 saturated heterocycles. The van der Waals surface area contributed by atoms with Crippen molar-refractivity contribution in [2.24, 2.45) is 0 Å². The van der Waals surface area contributed by atoms with Crippen LogP contribution in [0.25, 0.3) is 0 Å². The van der Waals surface area contributed by atoms with Gasteiger partial charge in [0.2, 0.25) is 0 Å². The minimum atomic E-state index is -0.0767. The molecule has 2 aliphatic rings. The Balaban J connectivity index is 1.44. The second kappa shape index (κ2) is 7.55. The van der Waals surface area contributed by atoms with Crippen LogP contribution in [-0.2, 0) is 13.1 Å². The number of piperazine rings is 1. The molecule has 8 heteroatoms. The fraction of sp³-hybridized carbons (Fsp3) is 0.688. The van der Waals surface area contributed by atoms with E-state index >= 15 is 0 Å². The SMILES string of the molecule is CCn1cncc1CNC(=O)N1CCN(C(=O)N2CCCC2)CC1. The lowest BCUT2D eigenvalue weighted by atomic mass is 10.3. The number of urea groups is 2. The van der Waals surface area contributed by atoms with Crippen LogP contribution in [0.2, 0.25) is 0 Å². The Morgan fingerprint density at radius 1 is 1.04 bits per heavy atom. The Bertz CT molecular complexity index is 573. The molecule has 2 fully saturated rings. The molecule has 1 aromatic heterocycles. The number of imidazole rings is 1. The predicted octanol–water partition coefficient (Wildman–Crippen LogP) is 0.946. The van der Waals surface area contributed by atoms with Crippen LogP contribution in [0.4, 0.5) is 9.59 Å². The summed E-state index contributed by atoms with van der Waals surface area (Å²) < 4.78 is 2.01. The standard InChI is InChI=1S/C16H26N6O2/c1-2-19-13-17-11-14(19)12-18-15(23)20-7-9-22(10-8-20)16(24)21-5-3-4-6-21/h11,13H,2-10,12H2,1H3,(H,18,23). The summed E-state index contributed by atoms with van der Waals surface area (Å²) >= 11 is 0. The van der Waals surface area contributed by atoms with E-state index in [1.54, 1.807) is 17.4 Å². The third-order valence-corrected chi connectivity index (χ3v) is 4.77. The highest BCUT2D eigenvalue weighted by molar-refractivity contribution is 5.76. The van der Waals surface area contributed by atoms with Gasteiger partial charge in [0.25, 0.3) is 0 Å². The van der Waals surface area contributed by atoms with Crippen molar-refractivity contribution in [1.82, 2.24) is 29.6 Å². The highest BCUT2D eigenvalue weighted by Gasteiger charge is 2.28. The van der Waals surface area contributed by atoms with Crippen molar-refractivity contribution in [1.29, 1.82) is 0 Å². The fourth-order valence-electron chi connectivity index (χ4n) is 3.27. The summed E-state index contributed by atoms with van der Waals surface area (Å²) in [4.78, 5) is 34.3. The lowest BCUT2D eigenvalue weighted by Crippen LogP contribution is -2.55. The first-order valence-electron chi connectivity index (χ1n) is 8.74. The van der Waals surface area contributed by atoms with E-state index in [1.807, 2.05) is 21.3 Å². The van der Waals surface area contributed by atoms with Crippen LogP contribution in [0.1, 0.15) is 25.5 Å². The van der Waals surface area contributed by atoms with Crippen molar-refractivity contribution in [3.05, 3.63) is 18.2 Å². The number of hydrogen-bond donors (Lipinski definition) is 1. The van der Waals surface area contributed by atoms with Crippen molar-refractivity contribution >= 4 is 12.1 Å². The molecule has 1 aromatic rings. The molecule has 0 unspecified atom stereocenters. The minimum absolute atomic E-state index is 0.0767. The average Bonchev–Trinajstić information content (AvgIpc) is 3.30. The molecule has 0 radical (unpaired) electrons. The van der Waals surface area contributed by atoms with Crippen LogP contribution in [0.3, 0.4) is 0 Å². The van der Waals surface area contributed by atoms with Gasteiger partial charge in [-0.05, 0) is 19.8 Å². The van der Waals surface area contributed by atoms with Crippen molar-refractivity contribution in [3.63, 3.8) is 0 Å². The second-order valence-corrected chi connectivity index (χ2v) is 6.28. The van der Waals surface area contributed by atoms with Gasteiger partial charge in [0, 0.05) is 52.0 Å². The Morgan fingerprint density at radius 3 is 2.33 bits per heavy atom. The van der Waals surface area contributed by atoms with E-state index in [1.165, 1.54) is 0 Å². The van der Waals surface area contributed by atoms with Gasteiger partial charge in [0.15, 0.2) is 0 Å². The maximum Gasteiger partial charge on any atom is 0.320 e. The van der Waals surface area contributed by atoms with Crippen molar-refractivity contribution in [2.75, 3.05) is 39.3 Å². The topological polar surface area (TPSA) is 73.7 Å². The van der Waals surface area contributed by atoms with E-state index in [9.17, 15) is 9.59 Å². The Labute approximate surface area is 142 Å². The molecular weight excluding hydrogens is 308 g/mol. The van der Waals surface area contributed by atoms with Crippen LogP contribution < -0.4 is 5.32 Å². The van der Waals surface area contributed by atoms with Crippen molar-refractivity contribution < 1.29 is 9.59 Å². The van der Waals surface area contributed by atoms with E-state index in [2.05, 4.69) is 10.3 Å². The van der Waals surface area contributed by atoms with Crippen LogP contribution >= 0.6 is 0 Å². The van der Waals surface area contributed by atoms with E-state index in [0.29, 0.717) is 32.7 Å². The summed E-state index contributed by atoms with van der Waals surface area (Å²) in [6.07, 6.45) is 5.74. The van der Waals surface area contributed by atoms with Gasteiger partial charge >= 0.3 is 12.1 Å². The smallest absolute Gasteiger partial charge is 0.320 e. The first-order chi connectivity index (χ1) is 11.7. The minimum Gasteiger partial charge on any atom is -0.333 e. The molecular formula is C16H26N6O2. The van der Waals surface area contributed by atoms with E-state index in [0.717, 1.165) is 38.2 Å². The summed E-state index contributed by atoms with van der Waals surface area (Å²) in [5.41, 5.74) is 0.994. The molecule has 0 atom stereocenters. The number of amides is 4. The van der Waals surface area contributed by atoms with E-state index in [4.69, 9.17) is 0 Å². The number of likely N-dealkylation sites (tertiary alicyclic amines) is 1. The number of aromatic nitrogens is 2. The van der Waals surface area contributed by atoms with Crippen LogP contribution in [-0.4, -0.2) is 75.6 Å². The van der Waals surface area contributed by atoms with Crippen LogP contribution in [0.5, 0.6) is 0 Å². The zero-order valence-corrected chi connectivity index (χ0v) is 14.3. The quantitative estimate of drug-likeness (QED) is 0.894. The largest absolute Gasteiger partial charge is 0.333 e. The lowest BCUT2D eigenvalue weighted by molar-refractivity contribution is 0.124. The first-order valence-corrected chi connectivity index (χ1v) is 8.74. The van der Waals surface area contributed by atoms with E-state index < -0.39 is 0 Å². The number of aryl methyl sites for hydroxylation is 1. The van der Waals surface area contributed by atoms with E-state index in [-0.39, 0.29) is 12.1 Å². The maximum absolute atomic E-state index is 12.4. The molecule has 3 heterocycles. The summed E-state index contributed by atoms with van der Waals surface area (Å²) in [6, 6.07) is 0.0477. The predicted molar refractivity (Wildman–Crippen MR) is 89.5 cm³/mol. The number of rotatable bonds is 3. The molecule has 0 spiro atoms. The first kappa shape index (κ1) is 16.6. The number of nitrogens with one attached hydrogen (secondary N) is 1. The molecule has 24 heavy (non-hydrogen) atoms. The van der Waals surface area contributed by atoms with Crippen LogP contribution in [0, 0.1) is 0 Å². The summed E-state index contributed by atoms with van der Waals surface area (Å²) in [6.45, 7) is 7.46. The highest BCUT2D eigenvalue weighted by atomic mass is 16.2. The number of nitrogens with zero attached hydrogens (tertiary/aromatic N) is 5. The molecule has 0 aromatic carbocycles. The summed E-state index contributed by atoms with van der Waals surface area (Å²) in [5.74, 6) is 0. The number of carbonyl (C=O) groups excluding carboxylic acids is 2. The van der Waals surface area contributed by atoms with Gasteiger partial charge in [-0.25, -0.2) is 14.6 Å². The molecule has 1 N–H and O–H groups in total. The van der Waals surface area contributed by atoms with Crippen molar-refractivity contribution in [3.8, 4) is 0 Å². The third-order valence-electron chi connectivity index (χ3n) is 4.77. The zero-order chi connectivity index (χ0) is 16.9. The Morgan fingerprint density at radius 2 is 1.67 bits per heavy atom. The average molecular weight is 334 g/mol. The highest BCUT2D eigenvalue weighted by Crippen LogP contribution is 2.12. The van der Waals surface area contributed by atoms with Gasteiger partial charge < -0.3 is 24.6 Å². The monoisotopic (exact) mass is 334 g/mol. The Hall–Kier alpha value is -2.25.